The third-order valence-electron chi connectivity index (χ3n) is 3.47. The van der Waals surface area contributed by atoms with Crippen LogP contribution in [0.1, 0.15) is 21.5 Å². The monoisotopic (exact) mass is 295 g/mol. The first-order chi connectivity index (χ1) is 10.2. The van der Waals surface area contributed by atoms with Gasteiger partial charge < -0.3 is 4.98 Å². The van der Waals surface area contributed by atoms with Gasteiger partial charge in [-0.05, 0) is 18.6 Å². The summed E-state index contributed by atoms with van der Waals surface area (Å²) in [6.45, 7) is 2.09. The molecule has 3 aromatic rings. The summed E-state index contributed by atoms with van der Waals surface area (Å²) in [6, 6.07) is 16.3. The highest BCUT2D eigenvalue weighted by Gasteiger charge is 2.11. The van der Waals surface area contributed by atoms with Crippen molar-refractivity contribution in [2.45, 2.75) is 12.7 Å². The molecule has 106 valence electrons. The van der Waals surface area contributed by atoms with E-state index in [0.29, 0.717) is 5.75 Å². The summed E-state index contributed by atoms with van der Waals surface area (Å²) in [4.78, 5) is 15.5. The summed E-state index contributed by atoms with van der Waals surface area (Å²) in [6.07, 6.45) is 1.82. The number of benzene rings is 2. The summed E-state index contributed by atoms with van der Waals surface area (Å²) < 4.78 is 0. The zero-order valence-electron chi connectivity index (χ0n) is 11.9. The Hall–Kier alpha value is -2.00. The molecule has 0 fully saturated rings. The zero-order chi connectivity index (χ0) is 14.7. The Kier molecular flexibility index (Phi) is 4.11. The predicted octanol–water partition coefficient (Wildman–Crippen LogP) is 4.59. The lowest BCUT2D eigenvalue weighted by Gasteiger charge is -2.02. The number of aromatic nitrogens is 1. The van der Waals surface area contributed by atoms with E-state index in [1.807, 2.05) is 30.5 Å². The molecule has 0 bridgehead atoms. The standard InChI is InChI=1S/C18H17NOS/c1-13-5-4-6-14(9-13)11-21-12-18(20)16-10-19-17-8-3-2-7-15(16)17/h2-10,19H,11-12H2,1H3. The normalized spacial score (nSPS) is 10.9. The second-order valence-electron chi connectivity index (χ2n) is 5.15. The third-order valence-corrected chi connectivity index (χ3v) is 4.48. The number of ketones is 1. The Labute approximate surface area is 128 Å². The number of para-hydroxylation sites is 1. The fourth-order valence-electron chi connectivity index (χ4n) is 2.44. The highest BCUT2D eigenvalue weighted by atomic mass is 32.2. The van der Waals surface area contributed by atoms with Gasteiger partial charge in [0, 0.05) is 28.4 Å². The fourth-order valence-corrected chi connectivity index (χ4v) is 3.30. The van der Waals surface area contributed by atoms with E-state index in [9.17, 15) is 4.79 Å². The smallest absolute Gasteiger partial charge is 0.174 e. The summed E-state index contributed by atoms with van der Waals surface area (Å²) in [7, 11) is 0. The number of thioether (sulfide) groups is 1. The van der Waals surface area contributed by atoms with Crippen molar-refractivity contribution in [3.05, 3.63) is 71.4 Å². The van der Waals surface area contributed by atoms with Crippen LogP contribution in [0.15, 0.2) is 54.7 Å². The van der Waals surface area contributed by atoms with Crippen LogP contribution in [0, 0.1) is 6.92 Å². The molecule has 0 amide bonds. The molecule has 21 heavy (non-hydrogen) atoms. The lowest BCUT2D eigenvalue weighted by atomic mass is 10.1. The van der Waals surface area contributed by atoms with Gasteiger partial charge in [-0.3, -0.25) is 4.79 Å². The zero-order valence-corrected chi connectivity index (χ0v) is 12.7. The number of nitrogens with one attached hydrogen (secondary N) is 1. The van der Waals surface area contributed by atoms with Gasteiger partial charge in [-0.2, -0.15) is 0 Å². The summed E-state index contributed by atoms with van der Waals surface area (Å²) in [5.41, 5.74) is 4.34. The van der Waals surface area contributed by atoms with Crippen molar-refractivity contribution in [2.75, 3.05) is 5.75 Å². The summed E-state index contributed by atoms with van der Waals surface area (Å²) in [5, 5.41) is 1.01. The molecule has 3 rings (SSSR count). The van der Waals surface area contributed by atoms with Gasteiger partial charge >= 0.3 is 0 Å². The van der Waals surface area contributed by atoms with Crippen LogP contribution in [-0.2, 0) is 5.75 Å². The van der Waals surface area contributed by atoms with E-state index in [2.05, 4.69) is 36.2 Å². The molecular formula is C18H17NOS. The van der Waals surface area contributed by atoms with Gasteiger partial charge in [0.15, 0.2) is 5.78 Å². The molecule has 1 heterocycles. The van der Waals surface area contributed by atoms with Crippen molar-refractivity contribution < 1.29 is 4.79 Å². The van der Waals surface area contributed by atoms with Gasteiger partial charge in [0.05, 0.1) is 5.75 Å². The minimum Gasteiger partial charge on any atom is -0.360 e. The van der Waals surface area contributed by atoms with Gasteiger partial charge in [0.1, 0.15) is 0 Å². The first-order valence-electron chi connectivity index (χ1n) is 6.96. The van der Waals surface area contributed by atoms with Crippen LogP contribution in [0.3, 0.4) is 0 Å². The van der Waals surface area contributed by atoms with Crippen LogP contribution >= 0.6 is 11.8 Å². The number of rotatable bonds is 5. The average molecular weight is 295 g/mol. The van der Waals surface area contributed by atoms with Crippen molar-refractivity contribution in [3.63, 3.8) is 0 Å². The first kappa shape index (κ1) is 14.0. The van der Waals surface area contributed by atoms with E-state index >= 15 is 0 Å². The molecule has 3 heteroatoms. The third kappa shape index (κ3) is 3.19. The maximum atomic E-state index is 12.3. The largest absolute Gasteiger partial charge is 0.360 e. The van der Waals surface area contributed by atoms with E-state index in [1.165, 1.54) is 11.1 Å². The molecule has 0 atom stereocenters. The lowest BCUT2D eigenvalue weighted by molar-refractivity contribution is 0.102. The predicted molar refractivity (Wildman–Crippen MR) is 90.0 cm³/mol. The van der Waals surface area contributed by atoms with Crippen LogP contribution < -0.4 is 0 Å². The minimum atomic E-state index is 0.185. The Morgan fingerprint density at radius 3 is 2.86 bits per heavy atom. The Morgan fingerprint density at radius 2 is 2.00 bits per heavy atom. The Bertz CT molecular complexity index is 775. The topological polar surface area (TPSA) is 32.9 Å². The van der Waals surface area contributed by atoms with E-state index in [4.69, 9.17) is 0 Å². The first-order valence-corrected chi connectivity index (χ1v) is 8.12. The van der Waals surface area contributed by atoms with E-state index in [0.717, 1.165) is 22.2 Å². The molecule has 2 nitrogen and oxygen atoms in total. The molecule has 1 aromatic heterocycles. The number of aromatic amines is 1. The van der Waals surface area contributed by atoms with Crippen molar-refractivity contribution in [1.29, 1.82) is 0 Å². The molecule has 0 aliphatic carbocycles. The van der Waals surface area contributed by atoms with Crippen molar-refractivity contribution in [3.8, 4) is 0 Å². The highest BCUT2D eigenvalue weighted by Crippen LogP contribution is 2.21. The molecule has 1 N–H and O–H groups in total. The number of H-pyrrole nitrogens is 1. The van der Waals surface area contributed by atoms with Gasteiger partial charge in [0.25, 0.3) is 0 Å². The Morgan fingerprint density at radius 1 is 1.14 bits per heavy atom. The van der Waals surface area contributed by atoms with Crippen molar-refractivity contribution >= 4 is 28.4 Å². The number of Topliss-reactive ketones (excluding diaryl/α,β-unsaturated/α-hetero) is 1. The minimum absolute atomic E-state index is 0.185. The van der Waals surface area contributed by atoms with E-state index < -0.39 is 0 Å². The number of aryl methyl sites for hydroxylation is 1. The van der Waals surface area contributed by atoms with Crippen LogP contribution in [0.25, 0.3) is 10.9 Å². The number of hydrogen-bond acceptors (Lipinski definition) is 2. The second kappa shape index (κ2) is 6.19. The van der Waals surface area contributed by atoms with Crippen LogP contribution in [-0.4, -0.2) is 16.5 Å². The molecule has 0 radical (unpaired) electrons. The van der Waals surface area contributed by atoms with E-state index in [-0.39, 0.29) is 5.78 Å². The quantitative estimate of drug-likeness (QED) is 0.698. The van der Waals surface area contributed by atoms with Crippen LogP contribution in [0.5, 0.6) is 0 Å². The molecule has 0 spiro atoms. The number of hydrogen-bond donors (Lipinski definition) is 1. The number of carbonyl (C=O) groups excluding carboxylic acids is 1. The molecular weight excluding hydrogens is 278 g/mol. The van der Waals surface area contributed by atoms with Crippen LogP contribution in [0.2, 0.25) is 0 Å². The molecule has 0 saturated carbocycles. The number of carbonyl (C=O) groups is 1. The second-order valence-corrected chi connectivity index (χ2v) is 6.14. The fraction of sp³-hybridized carbons (Fsp3) is 0.167. The van der Waals surface area contributed by atoms with Gasteiger partial charge in [-0.1, -0.05) is 48.0 Å². The van der Waals surface area contributed by atoms with E-state index in [1.54, 1.807) is 11.8 Å². The molecule has 2 aromatic carbocycles. The summed E-state index contributed by atoms with van der Waals surface area (Å²) in [5.74, 6) is 1.57. The molecule has 0 aliphatic heterocycles. The van der Waals surface area contributed by atoms with Crippen molar-refractivity contribution in [1.82, 2.24) is 4.98 Å². The summed E-state index contributed by atoms with van der Waals surface area (Å²) >= 11 is 1.67. The number of fused-ring (bicyclic) bond motifs is 1. The van der Waals surface area contributed by atoms with Gasteiger partial charge in [-0.25, -0.2) is 0 Å². The SMILES string of the molecule is Cc1cccc(CSCC(=O)c2c[nH]c3ccccc23)c1. The molecule has 0 saturated heterocycles. The molecule has 0 aliphatic rings. The Balaban J connectivity index is 1.64. The van der Waals surface area contributed by atoms with Gasteiger partial charge in [-0.15, -0.1) is 11.8 Å². The maximum Gasteiger partial charge on any atom is 0.174 e. The van der Waals surface area contributed by atoms with Crippen LogP contribution in [0.4, 0.5) is 0 Å². The lowest BCUT2D eigenvalue weighted by Crippen LogP contribution is -2.01. The van der Waals surface area contributed by atoms with Crippen molar-refractivity contribution in [2.24, 2.45) is 0 Å². The highest BCUT2D eigenvalue weighted by molar-refractivity contribution is 7.99. The van der Waals surface area contributed by atoms with Gasteiger partial charge in [0.2, 0.25) is 0 Å². The average Bonchev–Trinajstić information content (AvgIpc) is 2.91. The molecule has 0 unspecified atom stereocenters. The maximum absolute atomic E-state index is 12.3.